The monoisotopic (exact) mass is 112 g/mol. The van der Waals surface area contributed by atoms with Crippen molar-refractivity contribution in [3.8, 4) is 0 Å². The molecule has 1 aromatic heterocycles. The van der Waals surface area contributed by atoms with E-state index in [4.69, 9.17) is 4.74 Å². The van der Waals surface area contributed by atoms with E-state index in [0.717, 1.165) is 0 Å². The van der Waals surface area contributed by atoms with Crippen molar-refractivity contribution in [3.63, 3.8) is 0 Å². The molecule has 1 rings (SSSR count). The molecule has 0 unspecified atom stereocenters. The first kappa shape index (κ1) is 5.31. The highest BCUT2D eigenvalue weighted by molar-refractivity contribution is 4.88. The van der Waals surface area contributed by atoms with Gasteiger partial charge >= 0.3 is 0 Å². The Bertz CT molecular complexity index is 136. The molecule has 1 heterocycles. The van der Waals surface area contributed by atoms with Gasteiger partial charge in [-0.15, -0.1) is 0 Å². The van der Waals surface area contributed by atoms with Crippen molar-refractivity contribution in [1.82, 2.24) is 5.16 Å². The van der Waals surface area contributed by atoms with Crippen LogP contribution in [0.5, 0.6) is 0 Å². The first-order valence-corrected chi connectivity index (χ1v) is 2.24. The molecule has 3 heteroatoms. The van der Waals surface area contributed by atoms with E-state index in [9.17, 15) is 0 Å². The van der Waals surface area contributed by atoms with Crippen LogP contribution in [0.3, 0.4) is 0 Å². The van der Waals surface area contributed by atoms with Gasteiger partial charge < -0.3 is 9.26 Å². The van der Waals surface area contributed by atoms with E-state index >= 15 is 0 Å². The lowest BCUT2D eigenvalue weighted by atomic mass is 10.5. The largest absolute Gasteiger partial charge is 0.377 e. The average Bonchev–Trinajstić information content (AvgIpc) is 2.19. The number of nitrogens with zero attached hydrogens (tertiary/aromatic N) is 1. The van der Waals surface area contributed by atoms with Gasteiger partial charge in [-0.25, -0.2) is 0 Å². The molecule has 1 radical (unpaired) electrons. The van der Waals surface area contributed by atoms with Gasteiger partial charge in [0.1, 0.15) is 12.8 Å². The van der Waals surface area contributed by atoms with E-state index in [1.807, 2.05) is 0 Å². The van der Waals surface area contributed by atoms with E-state index in [1.54, 1.807) is 13.2 Å². The summed E-state index contributed by atoms with van der Waals surface area (Å²) >= 11 is 0. The molecule has 0 amide bonds. The quantitative estimate of drug-likeness (QED) is 0.562. The number of hydrogen-bond acceptors (Lipinski definition) is 3. The van der Waals surface area contributed by atoms with Crippen molar-refractivity contribution < 1.29 is 9.26 Å². The van der Waals surface area contributed by atoms with Gasteiger partial charge in [0.15, 0.2) is 5.76 Å². The van der Waals surface area contributed by atoms with Crippen molar-refractivity contribution in [2.45, 2.75) is 6.61 Å². The Balaban J connectivity index is 2.50. The standard InChI is InChI=1S/C5H6NO2/c1-7-4-5-2-3-6-8-5/h2H,4H2,1H3. The van der Waals surface area contributed by atoms with Crippen LogP contribution in [0.15, 0.2) is 10.6 Å². The Labute approximate surface area is 47.2 Å². The molecule has 0 atom stereocenters. The van der Waals surface area contributed by atoms with Crippen molar-refractivity contribution >= 4 is 0 Å². The van der Waals surface area contributed by atoms with Crippen LogP contribution in [0.2, 0.25) is 0 Å². The van der Waals surface area contributed by atoms with E-state index in [-0.39, 0.29) is 0 Å². The second kappa shape index (κ2) is 2.47. The first-order valence-electron chi connectivity index (χ1n) is 2.24. The van der Waals surface area contributed by atoms with Gasteiger partial charge in [-0.05, 0) is 0 Å². The van der Waals surface area contributed by atoms with Crippen LogP contribution in [0.1, 0.15) is 5.76 Å². The lowest BCUT2D eigenvalue weighted by molar-refractivity contribution is 0.156. The van der Waals surface area contributed by atoms with E-state index < -0.39 is 0 Å². The summed E-state index contributed by atoms with van der Waals surface area (Å²) in [5, 5.41) is 3.36. The maximum Gasteiger partial charge on any atom is 0.163 e. The molecule has 0 saturated carbocycles. The van der Waals surface area contributed by atoms with Gasteiger partial charge in [0, 0.05) is 13.2 Å². The summed E-state index contributed by atoms with van der Waals surface area (Å²) < 4.78 is 9.38. The van der Waals surface area contributed by atoms with Crippen LogP contribution in [0.25, 0.3) is 0 Å². The van der Waals surface area contributed by atoms with Gasteiger partial charge in [-0.3, -0.25) is 0 Å². The molecule has 43 valence electrons. The fraction of sp³-hybridized carbons (Fsp3) is 0.400. The minimum absolute atomic E-state index is 0.469. The maximum absolute atomic E-state index is 4.73. The van der Waals surface area contributed by atoms with E-state index in [2.05, 4.69) is 15.9 Å². The molecule has 8 heavy (non-hydrogen) atoms. The molecule has 0 aromatic carbocycles. The first-order chi connectivity index (χ1) is 3.93. The van der Waals surface area contributed by atoms with Crippen molar-refractivity contribution in [2.75, 3.05) is 7.11 Å². The van der Waals surface area contributed by atoms with Crippen LogP contribution >= 0.6 is 0 Å². The summed E-state index contributed by atoms with van der Waals surface area (Å²) in [5.41, 5.74) is 0. The minimum atomic E-state index is 0.469. The Kier molecular flexibility index (Phi) is 1.64. The zero-order chi connectivity index (χ0) is 5.82. The molecule has 3 nitrogen and oxygen atoms in total. The number of ether oxygens (including phenoxy) is 1. The average molecular weight is 112 g/mol. The predicted molar refractivity (Wildman–Crippen MR) is 26.1 cm³/mol. The summed E-state index contributed by atoms with van der Waals surface area (Å²) in [6.45, 7) is 0.469. The predicted octanol–water partition coefficient (Wildman–Crippen LogP) is 0.621. The highest BCUT2D eigenvalue weighted by Gasteiger charge is 1.91. The van der Waals surface area contributed by atoms with Crippen LogP contribution in [0.4, 0.5) is 0 Å². The fourth-order valence-corrected chi connectivity index (χ4v) is 0.420. The van der Waals surface area contributed by atoms with Gasteiger partial charge in [0.2, 0.25) is 0 Å². The summed E-state index contributed by atoms with van der Waals surface area (Å²) in [5.74, 6) is 0.701. The highest BCUT2D eigenvalue weighted by atomic mass is 16.5. The number of rotatable bonds is 2. The summed E-state index contributed by atoms with van der Waals surface area (Å²) in [7, 11) is 1.60. The maximum atomic E-state index is 4.73. The lowest BCUT2D eigenvalue weighted by Crippen LogP contribution is -1.81. The topological polar surface area (TPSA) is 35.3 Å². The molecule has 0 aliphatic rings. The Morgan fingerprint density at radius 3 is 3.38 bits per heavy atom. The van der Waals surface area contributed by atoms with Gasteiger partial charge in [-0.1, -0.05) is 5.16 Å². The highest BCUT2D eigenvalue weighted by Crippen LogP contribution is 1.95. The van der Waals surface area contributed by atoms with Crippen molar-refractivity contribution in [1.29, 1.82) is 0 Å². The van der Waals surface area contributed by atoms with Crippen molar-refractivity contribution in [3.05, 3.63) is 18.0 Å². The molecule has 0 aliphatic heterocycles. The molecule has 1 aromatic rings. The second-order valence-corrected chi connectivity index (χ2v) is 1.36. The molecular formula is C5H6NO2. The zero-order valence-electron chi connectivity index (χ0n) is 4.55. The third-order valence-corrected chi connectivity index (χ3v) is 0.728. The molecule has 0 saturated heterocycles. The van der Waals surface area contributed by atoms with E-state index in [1.165, 1.54) is 0 Å². The molecule has 0 N–H and O–H groups in total. The van der Waals surface area contributed by atoms with Gasteiger partial charge in [0.25, 0.3) is 0 Å². The Morgan fingerprint density at radius 1 is 2.00 bits per heavy atom. The summed E-state index contributed by atoms with van der Waals surface area (Å²) in [4.78, 5) is 0. The molecule has 0 aliphatic carbocycles. The molecular weight excluding hydrogens is 106 g/mol. The van der Waals surface area contributed by atoms with E-state index in [0.29, 0.717) is 12.4 Å². The lowest BCUT2D eigenvalue weighted by Gasteiger charge is -1.86. The minimum Gasteiger partial charge on any atom is -0.377 e. The van der Waals surface area contributed by atoms with Gasteiger partial charge in [0.05, 0.1) is 0 Å². The van der Waals surface area contributed by atoms with Crippen LogP contribution in [-0.4, -0.2) is 12.3 Å². The molecule has 0 fully saturated rings. The summed E-state index contributed by atoms with van der Waals surface area (Å²) in [6, 6.07) is 1.64. The smallest absolute Gasteiger partial charge is 0.163 e. The van der Waals surface area contributed by atoms with Crippen LogP contribution < -0.4 is 0 Å². The third kappa shape index (κ3) is 1.07. The molecule has 0 bridgehead atoms. The molecule has 0 spiro atoms. The zero-order valence-corrected chi connectivity index (χ0v) is 4.55. The van der Waals surface area contributed by atoms with Crippen molar-refractivity contribution in [2.24, 2.45) is 0 Å². The SMILES string of the molecule is COCc1c[c]no1. The Hall–Kier alpha value is -0.830. The third-order valence-electron chi connectivity index (χ3n) is 0.728. The normalized spacial score (nSPS) is 9.62. The van der Waals surface area contributed by atoms with Crippen LogP contribution in [-0.2, 0) is 11.3 Å². The Morgan fingerprint density at radius 2 is 2.88 bits per heavy atom. The number of methoxy groups -OCH3 is 1. The van der Waals surface area contributed by atoms with Crippen LogP contribution in [0, 0.1) is 6.20 Å². The second-order valence-electron chi connectivity index (χ2n) is 1.36. The summed E-state index contributed by atoms with van der Waals surface area (Å²) in [6.07, 6.45) is 2.52. The van der Waals surface area contributed by atoms with Gasteiger partial charge in [-0.2, -0.15) is 0 Å². The number of hydrogen-bond donors (Lipinski definition) is 0. The fourth-order valence-electron chi connectivity index (χ4n) is 0.420. The number of aromatic nitrogens is 1.